The van der Waals surface area contributed by atoms with Gasteiger partial charge in [0.15, 0.2) is 5.11 Å². The Morgan fingerprint density at radius 1 is 1.29 bits per heavy atom. The van der Waals surface area contributed by atoms with Crippen molar-refractivity contribution in [2.45, 2.75) is 6.92 Å². The van der Waals surface area contributed by atoms with E-state index in [1.54, 1.807) is 38.3 Å². The smallest absolute Gasteiger partial charge is 0.274 e. The molecule has 0 spiro atoms. The van der Waals surface area contributed by atoms with Gasteiger partial charge in [-0.15, -0.1) is 0 Å². The third-order valence-corrected chi connectivity index (χ3v) is 4.54. The van der Waals surface area contributed by atoms with E-state index in [4.69, 9.17) is 21.7 Å². The highest BCUT2D eigenvalue weighted by molar-refractivity contribution is 9.10. The van der Waals surface area contributed by atoms with Gasteiger partial charge in [-0.05, 0) is 59.3 Å². The highest BCUT2D eigenvalue weighted by Gasteiger charge is 2.15. The Kier molecular flexibility index (Phi) is 7.85. The highest BCUT2D eigenvalue weighted by Crippen LogP contribution is 2.26. The molecular weight excluding hydrogens is 450 g/mol. The Morgan fingerprint density at radius 2 is 2.04 bits per heavy atom. The number of methoxy groups -OCH3 is 1. The molecule has 0 aliphatic heterocycles. The number of carbonyl (C=O) groups excluding carboxylic acids is 1. The number of amides is 1. The van der Waals surface area contributed by atoms with Crippen LogP contribution >= 0.6 is 28.1 Å². The van der Waals surface area contributed by atoms with Crippen molar-refractivity contribution in [3.8, 4) is 5.75 Å². The summed E-state index contributed by atoms with van der Waals surface area (Å²) in [6.45, 7) is 2.44. The molecule has 0 heterocycles. The fourth-order valence-corrected chi connectivity index (χ4v) is 2.98. The number of nitro groups is 1. The number of hydrogen-bond donors (Lipinski definition) is 2. The molecule has 0 aliphatic carbocycles. The zero-order valence-electron chi connectivity index (χ0n) is 15.2. The number of benzene rings is 2. The van der Waals surface area contributed by atoms with Crippen LogP contribution in [0.3, 0.4) is 0 Å². The average Bonchev–Trinajstić information content (AvgIpc) is 2.64. The van der Waals surface area contributed by atoms with E-state index in [-0.39, 0.29) is 10.8 Å². The maximum Gasteiger partial charge on any atom is 0.274 e. The Bertz CT molecular complexity index is 907. The molecule has 1 amide bonds. The summed E-state index contributed by atoms with van der Waals surface area (Å²) in [6.07, 6.45) is 0. The number of nitrogens with zero attached hydrogens (tertiary/aromatic N) is 1. The predicted octanol–water partition coefficient (Wildman–Crippen LogP) is 3.82. The average molecular weight is 468 g/mol. The monoisotopic (exact) mass is 467 g/mol. The number of halogens is 1. The van der Waals surface area contributed by atoms with Crippen molar-refractivity contribution in [3.05, 3.63) is 62.1 Å². The van der Waals surface area contributed by atoms with Gasteiger partial charge in [-0.2, -0.15) is 0 Å². The molecule has 0 fully saturated rings. The molecule has 0 radical (unpaired) electrons. The van der Waals surface area contributed by atoms with Crippen molar-refractivity contribution in [2.24, 2.45) is 0 Å². The van der Waals surface area contributed by atoms with Gasteiger partial charge in [-0.3, -0.25) is 20.2 Å². The van der Waals surface area contributed by atoms with Gasteiger partial charge >= 0.3 is 0 Å². The quantitative estimate of drug-likeness (QED) is 0.276. The summed E-state index contributed by atoms with van der Waals surface area (Å²) < 4.78 is 11.1. The summed E-state index contributed by atoms with van der Waals surface area (Å²) in [5.74, 6) is 0.159. The number of ether oxygens (including phenoxy) is 2. The molecule has 0 unspecified atom stereocenters. The summed E-state index contributed by atoms with van der Waals surface area (Å²) in [7, 11) is 1.58. The minimum Gasteiger partial charge on any atom is -0.490 e. The summed E-state index contributed by atoms with van der Waals surface area (Å²) in [5.41, 5.74) is 1.20. The van der Waals surface area contributed by atoms with Crippen LogP contribution in [0.2, 0.25) is 0 Å². The van der Waals surface area contributed by atoms with Crippen LogP contribution in [0.4, 0.5) is 11.4 Å². The SMILES string of the molecule is COCCOc1ccc(C(=O)NC(=S)Nc2cccc([N+](=O)[O-])c2C)cc1Br. The second kappa shape index (κ2) is 10.1. The molecular formula is C18H18BrN3O5S. The zero-order valence-corrected chi connectivity index (χ0v) is 17.6. The molecule has 2 N–H and O–H groups in total. The van der Waals surface area contributed by atoms with Crippen LogP contribution in [0.15, 0.2) is 40.9 Å². The van der Waals surface area contributed by atoms with Crippen molar-refractivity contribution in [1.82, 2.24) is 5.32 Å². The zero-order chi connectivity index (χ0) is 20.7. The van der Waals surface area contributed by atoms with Gasteiger partial charge in [-0.25, -0.2) is 0 Å². The second-order valence-corrected chi connectivity index (χ2v) is 6.86. The van der Waals surface area contributed by atoms with Crippen molar-refractivity contribution >= 4 is 50.5 Å². The summed E-state index contributed by atoms with van der Waals surface area (Å²) in [5, 5.41) is 16.4. The molecule has 2 rings (SSSR count). The summed E-state index contributed by atoms with van der Waals surface area (Å²) in [6, 6.07) is 9.45. The largest absolute Gasteiger partial charge is 0.490 e. The molecule has 10 heteroatoms. The van der Waals surface area contributed by atoms with Gasteiger partial charge in [0, 0.05) is 18.7 Å². The Labute approximate surface area is 175 Å². The minimum atomic E-state index is -0.476. The number of hydrogen-bond acceptors (Lipinski definition) is 6. The highest BCUT2D eigenvalue weighted by atomic mass is 79.9. The molecule has 28 heavy (non-hydrogen) atoms. The lowest BCUT2D eigenvalue weighted by Gasteiger charge is -2.13. The second-order valence-electron chi connectivity index (χ2n) is 5.60. The first-order valence-electron chi connectivity index (χ1n) is 8.11. The van der Waals surface area contributed by atoms with Gasteiger partial charge in [0.05, 0.1) is 27.3 Å². The first-order valence-corrected chi connectivity index (χ1v) is 9.31. The number of thiocarbonyl (C=S) groups is 1. The van der Waals surface area contributed by atoms with Gasteiger partial charge in [0.2, 0.25) is 0 Å². The predicted molar refractivity (Wildman–Crippen MR) is 113 cm³/mol. The van der Waals surface area contributed by atoms with E-state index in [9.17, 15) is 14.9 Å². The van der Waals surface area contributed by atoms with Crippen LogP contribution in [0.25, 0.3) is 0 Å². The van der Waals surface area contributed by atoms with E-state index in [1.165, 1.54) is 12.1 Å². The van der Waals surface area contributed by atoms with E-state index >= 15 is 0 Å². The summed E-state index contributed by atoms with van der Waals surface area (Å²) in [4.78, 5) is 22.9. The number of rotatable bonds is 7. The fraction of sp³-hybridized carbons (Fsp3) is 0.222. The maximum absolute atomic E-state index is 12.4. The van der Waals surface area contributed by atoms with E-state index in [0.29, 0.717) is 40.3 Å². The Balaban J connectivity index is 2.03. The lowest BCUT2D eigenvalue weighted by Crippen LogP contribution is -2.34. The van der Waals surface area contributed by atoms with Crippen LogP contribution in [0.5, 0.6) is 5.75 Å². The molecule has 0 saturated carbocycles. The van der Waals surface area contributed by atoms with Crippen molar-refractivity contribution in [1.29, 1.82) is 0 Å². The number of anilines is 1. The molecule has 0 aliphatic rings. The molecule has 2 aromatic rings. The minimum absolute atomic E-state index is 0.0325. The number of nitro benzene ring substituents is 1. The lowest BCUT2D eigenvalue weighted by atomic mass is 10.1. The molecule has 8 nitrogen and oxygen atoms in total. The lowest BCUT2D eigenvalue weighted by molar-refractivity contribution is -0.385. The first kappa shape index (κ1) is 21.7. The summed E-state index contributed by atoms with van der Waals surface area (Å²) >= 11 is 8.51. The molecule has 0 atom stereocenters. The number of carbonyl (C=O) groups is 1. The molecule has 0 aromatic heterocycles. The van der Waals surface area contributed by atoms with Crippen LogP contribution in [0, 0.1) is 17.0 Å². The molecule has 0 saturated heterocycles. The van der Waals surface area contributed by atoms with E-state index in [1.807, 2.05) is 0 Å². The Morgan fingerprint density at radius 3 is 2.68 bits per heavy atom. The van der Waals surface area contributed by atoms with Crippen LogP contribution < -0.4 is 15.4 Å². The van der Waals surface area contributed by atoms with Crippen molar-refractivity contribution in [3.63, 3.8) is 0 Å². The van der Waals surface area contributed by atoms with Crippen LogP contribution in [0.1, 0.15) is 15.9 Å². The van der Waals surface area contributed by atoms with E-state index in [2.05, 4.69) is 26.6 Å². The topological polar surface area (TPSA) is 103 Å². The van der Waals surface area contributed by atoms with E-state index in [0.717, 1.165) is 0 Å². The van der Waals surface area contributed by atoms with Crippen molar-refractivity contribution < 1.29 is 19.2 Å². The molecule has 148 valence electrons. The van der Waals surface area contributed by atoms with Gasteiger partial charge in [0.1, 0.15) is 12.4 Å². The molecule has 2 aromatic carbocycles. The Hall–Kier alpha value is -2.56. The fourth-order valence-electron chi connectivity index (χ4n) is 2.28. The van der Waals surface area contributed by atoms with Gasteiger partial charge in [0.25, 0.3) is 11.6 Å². The first-order chi connectivity index (χ1) is 13.3. The molecule has 0 bridgehead atoms. The van der Waals surface area contributed by atoms with Crippen molar-refractivity contribution in [2.75, 3.05) is 25.6 Å². The maximum atomic E-state index is 12.4. The van der Waals surface area contributed by atoms with Crippen LogP contribution in [-0.2, 0) is 4.74 Å². The third-order valence-electron chi connectivity index (χ3n) is 3.72. The normalized spacial score (nSPS) is 10.2. The van der Waals surface area contributed by atoms with Gasteiger partial charge < -0.3 is 14.8 Å². The number of nitrogens with one attached hydrogen (secondary N) is 2. The van der Waals surface area contributed by atoms with Gasteiger partial charge in [-0.1, -0.05) is 6.07 Å². The van der Waals surface area contributed by atoms with E-state index < -0.39 is 10.8 Å². The third kappa shape index (κ3) is 5.72. The van der Waals surface area contributed by atoms with Crippen LogP contribution in [-0.4, -0.2) is 36.3 Å². The standard InChI is InChI=1S/C18H18BrN3O5S/c1-11-14(4-3-5-15(11)22(24)25)20-18(28)21-17(23)12-6-7-16(13(19)10-12)27-9-8-26-2/h3-7,10H,8-9H2,1-2H3,(H2,20,21,23,28).